The van der Waals surface area contributed by atoms with Crippen molar-refractivity contribution in [1.29, 1.82) is 0 Å². The van der Waals surface area contributed by atoms with Gasteiger partial charge in [0.15, 0.2) is 0 Å². The Labute approximate surface area is 225 Å². The number of unbranched alkanes of at least 4 members (excludes halogenated alkanes) is 1. The Balaban J connectivity index is 1.68. The van der Waals surface area contributed by atoms with Crippen molar-refractivity contribution in [2.45, 2.75) is 19.8 Å². The van der Waals surface area contributed by atoms with Crippen LogP contribution in [-0.2, 0) is 37.9 Å². The minimum absolute atomic E-state index is 0.0298. The summed E-state index contributed by atoms with van der Waals surface area (Å²) in [6.07, 6.45) is 2.23. The topological polar surface area (TPSA) is 126 Å². The zero-order valence-electron chi connectivity index (χ0n) is 22.7. The number of rotatable bonds is 29. The normalized spacial score (nSPS) is 11.2. The molecule has 1 rings (SSSR count). The highest BCUT2D eigenvalue weighted by Crippen LogP contribution is 2.17. The van der Waals surface area contributed by atoms with Gasteiger partial charge in [0.05, 0.1) is 104 Å². The molecule has 0 bridgehead atoms. The number of non-ortho nitro benzene ring substituents is 1. The molecule has 1 aromatic rings. The van der Waals surface area contributed by atoms with Crippen molar-refractivity contribution < 1.29 is 47.6 Å². The zero-order chi connectivity index (χ0) is 27.4. The number of nitrogens with zero attached hydrogens (tertiary/aromatic N) is 1. The molecule has 12 heteroatoms. The van der Waals surface area contributed by atoms with Gasteiger partial charge in [-0.1, -0.05) is 13.3 Å². The van der Waals surface area contributed by atoms with E-state index in [-0.39, 0.29) is 5.69 Å². The minimum atomic E-state index is -0.450. The molecule has 0 fully saturated rings. The predicted octanol–water partition coefficient (Wildman–Crippen LogP) is 2.91. The summed E-state index contributed by atoms with van der Waals surface area (Å²) in [4.78, 5) is 10.2. The molecule has 0 aliphatic carbocycles. The summed E-state index contributed by atoms with van der Waals surface area (Å²) in [6, 6.07) is 5.92. The average molecular weight is 548 g/mol. The molecular formula is C26H45NO11. The third-order valence-electron chi connectivity index (χ3n) is 4.79. The molecule has 0 saturated heterocycles. The van der Waals surface area contributed by atoms with Crippen LogP contribution in [0.3, 0.4) is 0 Å². The highest BCUT2D eigenvalue weighted by Gasteiger charge is 2.04. The molecule has 0 N–H and O–H groups in total. The molecule has 0 saturated carbocycles. The number of hydrogen-bond donors (Lipinski definition) is 0. The van der Waals surface area contributed by atoms with Crippen molar-refractivity contribution in [1.82, 2.24) is 0 Å². The van der Waals surface area contributed by atoms with Crippen LogP contribution in [0.15, 0.2) is 24.3 Å². The molecule has 220 valence electrons. The second kappa shape index (κ2) is 26.7. The van der Waals surface area contributed by atoms with Crippen molar-refractivity contribution >= 4 is 5.69 Å². The molecule has 0 aromatic heterocycles. The van der Waals surface area contributed by atoms with Crippen LogP contribution in [0.4, 0.5) is 5.69 Å². The highest BCUT2D eigenvalue weighted by atomic mass is 16.6. The van der Waals surface area contributed by atoms with Crippen LogP contribution in [0.5, 0.6) is 5.75 Å². The summed E-state index contributed by atoms with van der Waals surface area (Å²) in [6.45, 7) is 10.9. The Bertz CT molecular complexity index is 649. The quantitative estimate of drug-likeness (QED) is 0.0835. The van der Waals surface area contributed by atoms with Gasteiger partial charge in [-0.2, -0.15) is 0 Å². The standard InChI is InChI=1S/C26H45NO11/c1-2-3-8-30-9-10-31-11-12-32-13-14-33-15-16-34-17-18-35-19-20-36-21-22-37-23-24-38-26-6-4-25(5-7-26)27(28)29/h4-7H,2-3,8-24H2,1H3. The Morgan fingerprint density at radius 1 is 0.526 bits per heavy atom. The van der Waals surface area contributed by atoms with E-state index in [1.165, 1.54) is 12.1 Å². The van der Waals surface area contributed by atoms with Gasteiger partial charge < -0.3 is 42.6 Å². The first kappa shape index (κ1) is 34.1. The fourth-order valence-electron chi connectivity index (χ4n) is 2.77. The first-order valence-electron chi connectivity index (χ1n) is 13.2. The second-order valence-electron chi connectivity index (χ2n) is 7.85. The maximum Gasteiger partial charge on any atom is 0.269 e. The molecule has 0 aliphatic heterocycles. The first-order chi connectivity index (χ1) is 18.7. The largest absolute Gasteiger partial charge is 0.491 e. The van der Waals surface area contributed by atoms with Crippen LogP contribution in [0.1, 0.15) is 19.8 Å². The molecule has 0 amide bonds. The molecule has 1 aromatic carbocycles. The first-order valence-corrected chi connectivity index (χ1v) is 13.2. The SMILES string of the molecule is CCCCOCCOCCOCCOCCOCCOCCOCCOCCOc1ccc([N+](=O)[O-])cc1. The van der Waals surface area contributed by atoms with E-state index in [9.17, 15) is 10.1 Å². The molecule has 0 heterocycles. The Hall–Kier alpha value is -1.90. The number of hydrogen-bond acceptors (Lipinski definition) is 11. The minimum Gasteiger partial charge on any atom is -0.491 e. The Morgan fingerprint density at radius 2 is 0.842 bits per heavy atom. The van der Waals surface area contributed by atoms with Crippen molar-refractivity contribution in [3.63, 3.8) is 0 Å². The summed E-state index contributed by atoms with van der Waals surface area (Å²) in [5.74, 6) is 0.561. The predicted molar refractivity (Wildman–Crippen MR) is 140 cm³/mol. The lowest BCUT2D eigenvalue weighted by Crippen LogP contribution is -2.15. The van der Waals surface area contributed by atoms with Gasteiger partial charge in [-0.15, -0.1) is 0 Å². The molecule has 0 atom stereocenters. The summed E-state index contributed by atoms with van der Waals surface area (Å²) < 4.78 is 48.9. The van der Waals surface area contributed by atoms with E-state index in [1.807, 2.05) is 0 Å². The van der Waals surface area contributed by atoms with Crippen LogP contribution in [0.2, 0.25) is 0 Å². The molecule has 0 spiro atoms. The van der Waals surface area contributed by atoms with E-state index in [0.29, 0.717) is 111 Å². The van der Waals surface area contributed by atoms with Gasteiger partial charge in [0.1, 0.15) is 12.4 Å². The van der Waals surface area contributed by atoms with Gasteiger partial charge in [-0.3, -0.25) is 10.1 Å². The highest BCUT2D eigenvalue weighted by molar-refractivity contribution is 5.35. The van der Waals surface area contributed by atoms with Crippen LogP contribution in [0, 0.1) is 10.1 Å². The van der Waals surface area contributed by atoms with Crippen LogP contribution in [0.25, 0.3) is 0 Å². The van der Waals surface area contributed by atoms with E-state index in [0.717, 1.165) is 19.4 Å². The second-order valence-corrected chi connectivity index (χ2v) is 7.85. The number of ether oxygens (including phenoxy) is 9. The van der Waals surface area contributed by atoms with Crippen molar-refractivity contribution in [2.75, 3.05) is 112 Å². The molecule has 0 aliphatic rings. The summed E-state index contributed by atoms with van der Waals surface area (Å²) in [7, 11) is 0. The number of nitro benzene ring substituents is 1. The summed E-state index contributed by atoms with van der Waals surface area (Å²) >= 11 is 0. The number of benzene rings is 1. The molecule has 12 nitrogen and oxygen atoms in total. The van der Waals surface area contributed by atoms with Gasteiger partial charge in [-0.25, -0.2) is 0 Å². The lowest BCUT2D eigenvalue weighted by molar-refractivity contribution is -0.384. The monoisotopic (exact) mass is 547 g/mol. The van der Waals surface area contributed by atoms with Gasteiger partial charge in [0.2, 0.25) is 0 Å². The third kappa shape index (κ3) is 22.1. The molecule has 0 radical (unpaired) electrons. The lowest BCUT2D eigenvalue weighted by atomic mass is 10.3. The average Bonchev–Trinajstić information content (AvgIpc) is 2.93. The fraction of sp³-hybridized carbons (Fsp3) is 0.769. The van der Waals surface area contributed by atoms with E-state index < -0.39 is 4.92 Å². The van der Waals surface area contributed by atoms with Crippen molar-refractivity contribution in [2.24, 2.45) is 0 Å². The third-order valence-corrected chi connectivity index (χ3v) is 4.79. The van der Waals surface area contributed by atoms with Gasteiger partial charge in [0, 0.05) is 18.7 Å². The lowest BCUT2D eigenvalue weighted by Gasteiger charge is -2.09. The van der Waals surface area contributed by atoms with Gasteiger partial charge in [0.25, 0.3) is 5.69 Å². The Kier molecular flexibility index (Phi) is 24.0. The maximum atomic E-state index is 10.6. The van der Waals surface area contributed by atoms with Crippen molar-refractivity contribution in [3.8, 4) is 5.75 Å². The Morgan fingerprint density at radius 3 is 1.16 bits per heavy atom. The zero-order valence-corrected chi connectivity index (χ0v) is 22.7. The molecular weight excluding hydrogens is 502 g/mol. The van der Waals surface area contributed by atoms with Crippen LogP contribution >= 0.6 is 0 Å². The number of nitro groups is 1. The van der Waals surface area contributed by atoms with E-state index in [1.54, 1.807) is 12.1 Å². The van der Waals surface area contributed by atoms with Crippen LogP contribution < -0.4 is 4.74 Å². The van der Waals surface area contributed by atoms with E-state index in [2.05, 4.69) is 6.92 Å². The summed E-state index contributed by atoms with van der Waals surface area (Å²) in [5, 5.41) is 10.6. The smallest absolute Gasteiger partial charge is 0.269 e. The van der Waals surface area contributed by atoms with Crippen LogP contribution in [-0.4, -0.2) is 117 Å². The van der Waals surface area contributed by atoms with Gasteiger partial charge in [-0.05, 0) is 18.6 Å². The summed E-state index contributed by atoms with van der Waals surface area (Å²) in [5.41, 5.74) is 0.0298. The maximum absolute atomic E-state index is 10.6. The van der Waals surface area contributed by atoms with E-state index >= 15 is 0 Å². The van der Waals surface area contributed by atoms with E-state index in [4.69, 9.17) is 42.6 Å². The molecule has 38 heavy (non-hydrogen) atoms. The van der Waals surface area contributed by atoms with Crippen molar-refractivity contribution in [3.05, 3.63) is 34.4 Å². The fourth-order valence-corrected chi connectivity index (χ4v) is 2.77. The molecule has 0 unspecified atom stereocenters. The van der Waals surface area contributed by atoms with Gasteiger partial charge >= 0.3 is 0 Å².